The predicted molar refractivity (Wildman–Crippen MR) is 166 cm³/mol. The summed E-state index contributed by atoms with van der Waals surface area (Å²) in [5.41, 5.74) is 5.89. The second-order valence-electron chi connectivity index (χ2n) is 10.3. The van der Waals surface area contributed by atoms with E-state index in [0.717, 1.165) is 71.3 Å². The molecule has 0 atom stereocenters. The third-order valence-corrected chi connectivity index (χ3v) is 7.82. The number of nitrogens with zero attached hydrogens (tertiary/aromatic N) is 4. The first-order valence-corrected chi connectivity index (χ1v) is 13.7. The Morgan fingerprint density at radius 1 is 0.476 bits per heavy atom. The lowest BCUT2D eigenvalue weighted by Crippen LogP contribution is -2.00. The van der Waals surface area contributed by atoms with Gasteiger partial charge in [0, 0.05) is 61.4 Å². The first kappa shape index (κ1) is 22.9. The molecule has 0 radical (unpaired) electrons. The van der Waals surface area contributed by atoms with Crippen LogP contribution in [0.4, 0.5) is 0 Å². The van der Waals surface area contributed by atoms with E-state index in [4.69, 9.17) is 23.8 Å². The molecule has 4 aromatic heterocycles. The van der Waals surface area contributed by atoms with E-state index in [9.17, 15) is 0 Å². The first-order chi connectivity index (χ1) is 20.8. The number of hydrogen-bond acceptors (Lipinski definition) is 6. The van der Waals surface area contributed by atoms with Crippen molar-refractivity contribution in [3.63, 3.8) is 0 Å². The van der Waals surface area contributed by atoms with E-state index in [1.807, 2.05) is 91.1 Å². The largest absolute Gasteiger partial charge is 0.456 e. The molecule has 9 aromatic rings. The molecule has 6 nitrogen and oxygen atoms in total. The molecule has 0 fully saturated rings. The van der Waals surface area contributed by atoms with Crippen LogP contribution in [0.5, 0.6) is 0 Å². The van der Waals surface area contributed by atoms with Gasteiger partial charge in [-0.3, -0.25) is 4.98 Å². The third kappa shape index (κ3) is 3.45. The van der Waals surface area contributed by atoms with Gasteiger partial charge in [-0.2, -0.15) is 0 Å². The summed E-state index contributed by atoms with van der Waals surface area (Å²) in [5.74, 6) is 1.75. The molecule has 0 aliphatic heterocycles. The Morgan fingerprint density at radius 3 is 2.17 bits per heavy atom. The second-order valence-corrected chi connectivity index (χ2v) is 10.3. The van der Waals surface area contributed by atoms with Crippen molar-refractivity contribution < 1.29 is 8.83 Å². The smallest absolute Gasteiger partial charge is 0.164 e. The van der Waals surface area contributed by atoms with Crippen LogP contribution in [-0.4, -0.2) is 19.9 Å². The van der Waals surface area contributed by atoms with Gasteiger partial charge in [-0.05, 0) is 36.4 Å². The molecule has 0 bridgehead atoms. The average Bonchev–Trinajstić information content (AvgIpc) is 3.63. The lowest BCUT2D eigenvalue weighted by Gasteiger charge is -2.09. The molecule has 5 aromatic carbocycles. The second kappa shape index (κ2) is 8.81. The molecule has 0 saturated carbocycles. The minimum absolute atomic E-state index is 0.572. The van der Waals surface area contributed by atoms with Gasteiger partial charge < -0.3 is 8.83 Å². The normalized spacial score (nSPS) is 11.8. The summed E-state index contributed by atoms with van der Waals surface area (Å²) in [6.45, 7) is 0. The van der Waals surface area contributed by atoms with Crippen LogP contribution in [0, 0.1) is 0 Å². The molecule has 0 spiro atoms. The zero-order valence-corrected chi connectivity index (χ0v) is 22.2. The topological polar surface area (TPSA) is 77.8 Å². The number of para-hydroxylation sites is 1. The van der Waals surface area contributed by atoms with Gasteiger partial charge in [-0.1, -0.05) is 72.8 Å². The van der Waals surface area contributed by atoms with Gasteiger partial charge in [0.25, 0.3) is 0 Å². The molecule has 0 unspecified atom stereocenters. The molecule has 4 heterocycles. The minimum Gasteiger partial charge on any atom is -0.456 e. The van der Waals surface area contributed by atoms with Crippen molar-refractivity contribution in [3.8, 4) is 34.2 Å². The summed E-state index contributed by atoms with van der Waals surface area (Å²) < 4.78 is 12.6. The van der Waals surface area contributed by atoms with E-state index >= 15 is 0 Å². The van der Waals surface area contributed by atoms with Gasteiger partial charge in [-0.25, -0.2) is 15.0 Å². The summed E-state index contributed by atoms with van der Waals surface area (Å²) in [6.07, 6.45) is 3.64. The lowest BCUT2D eigenvalue weighted by molar-refractivity contribution is 0.669. The van der Waals surface area contributed by atoms with Crippen LogP contribution in [0.1, 0.15) is 0 Å². The summed E-state index contributed by atoms with van der Waals surface area (Å²) in [4.78, 5) is 19.2. The molecule has 0 aliphatic carbocycles. The van der Waals surface area contributed by atoms with Crippen LogP contribution >= 0.6 is 0 Å². The van der Waals surface area contributed by atoms with Gasteiger partial charge in [0.15, 0.2) is 17.5 Å². The molecular weight excluding hydrogens is 520 g/mol. The van der Waals surface area contributed by atoms with Gasteiger partial charge in [0.1, 0.15) is 22.3 Å². The van der Waals surface area contributed by atoms with Crippen molar-refractivity contribution in [2.45, 2.75) is 0 Å². The quantitative estimate of drug-likeness (QED) is 0.222. The van der Waals surface area contributed by atoms with E-state index in [0.29, 0.717) is 17.5 Å². The van der Waals surface area contributed by atoms with Crippen molar-refractivity contribution in [2.24, 2.45) is 0 Å². The van der Waals surface area contributed by atoms with Crippen LogP contribution < -0.4 is 0 Å². The highest BCUT2D eigenvalue weighted by atomic mass is 16.3. The highest BCUT2D eigenvalue weighted by molar-refractivity contribution is 6.18. The van der Waals surface area contributed by atoms with E-state index in [1.54, 1.807) is 6.20 Å². The van der Waals surface area contributed by atoms with Crippen LogP contribution in [0.2, 0.25) is 0 Å². The molecule has 0 N–H and O–H groups in total. The molecule has 42 heavy (non-hydrogen) atoms. The SMILES string of the molecule is c1ccc(-c2nc(-c3ccc4c(c3)oc3ccccc34)nc(-c3cccc4oc5c6ccncc6ccc5c34)n2)cc1. The van der Waals surface area contributed by atoms with Crippen LogP contribution in [0.15, 0.2) is 130 Å². The van der Waals surface area contributed by atoms with Gasteiger partial charge >= 0.3 is 0 Å². The number of fused-ring (bicyclic) bond motifs is 8. The summed E-state index contributed by atoms with van der Waals surface area (Å²) in [7, 11) is 0. The number of benzene rings is 5. The fraction of sp³-hybridized carbons (Fsp3) is 0. The molecule has 0 amide bonds. The predicted octanol–water partition coefficient (Wildman–Crippen LogP) is 9.22. The average molecular weight is 541 g/mol. The van der Waals surface area contributed by atoms with E-state index < -0.39 is 0 Å². The maximum atomic E-state index is 6.42. The summed E-state index contributed by atoms with van der Waals surface area (Å²) in [6, 6.07) is 36.4. The van der Waals surface area contributed by atoms with Crippen molar-refractivity contribution >= 4 is 54.6 Å². The highest BCUT2D eigenvalue weighted by Gasteiger charge is 2.19. The van der Waals surface area contributed by atoms with Crippen molar-refractivity contribution in [1.82, 2.24) is 19.9 Å². The van der Waals surface area contributed by atoms with Crippen molar-refractivity contribution in [1.29, 1.82) is 0 Å². The maximum Gasteiger partial charge on any atom is 0.164 e. The van der Waals surface area contributed by atoms with E-state index in [1.165, 1.54) is 0 Å². The van der Waals surface area contributed by atoms with Gasteiger partial charge in [0.05, 0.1) is 0 Å². The Hall–Kier alpha value is -5.88. The molecule has 196 valence electrons. The van der Waals surface area contributed by atoms with Crippen LogP contribution in [0.3, 0.4) is 0 Å². The Balaban J connectivity index is 1.30. The number of hydrogen-bond donors (Lipinski definition) is 0. The number of aromatic nitrogens is 4. The summed E-state index contributed by atoms with van der Waals surface area (Å²) in [5, 5.41) is 6.16. The minimum atomic E-state index is 0.572. The fourth-order valence-electron chi connectivity index (χ4n) is 5.84. The zero-order chi connectivity index (χ0) is 27.6. The van der Waals surface area contributed by atoms with Crippen LogP contribution in [0.25, 0.3) is 88.8 Å². The molecule has 6 heteroatoms. The highest BCUT2D eigenvalue weighted by Crippen LogP contribution is 2.39. The molecular formula is C36H20N4O2. The molecule has 0 saturated heterocycles. The summed E-state index contributed by atoms with van der Waals surface area (Å²) >= 11 is 0. The number of pyridine rings is 1. The van der Waals surface area contributed by atoms with Gasteiger partial charge in [0.2, 0.25) is 0 Å². The standard InChI is InChI=1S/C36H20N4O2/c1-2-7-21(8-3-1)34-38-35(22-13-15-26-25-9-4-5-11-29(25)41-31(26)19-22)40-36(39-34)28-10-6-12-30-32(28)27-16-14-23-20-37-18-17-24(23)33(27)42-30/h1-20H. The lowest BCUT2D eigenvalue weighted by atomic mass is 10.0. The first-order valence-electron chi connectivity index (χ1n) is 13.7. The van der Waals surface area contributed by atoms with E-state index in [-0.39, 0.29) is 0 Å². The third-order valence-electron chi connectivity index (χ3n) is 7.82. The monoisotopic (exact) mass is 540 g/mol. The van der Waals surface area contributed by atoms with Crippen molar-refractivity contribution in [3.05, 3.63) is 122 Å². The number of rotatable bonds is 3. The van der Waals surface area contributed by atoms with Crippen LogP contribution in [-0.2, 0) is 0 Å². The fourth-order valence-corrected chi connectivity index (χ4v) is 5.84. The maximum absolute atomic E-state index is 6.42. The van der Waals surface area contributed by atoms with E-state index in [2.05, 4.69) is 29.2 Å². The zero-order valence-electron chi connectivity index (χ0n) is 22.2. The van der Waals surface area contributed by atoms with Gasteiger partial charge in [-0.15, -0.1) is 0 Å². The Kier molecular flexibility index (Phi) is 4.80. The Bertz CT molecular complexity index is 2480. The van der Waals surface area contributed by atoms with Crippen molar-refractivity contribution in [2.75, 3.05) is 0 Å². The molecule has 0 aliphatic rings. The Morgan fingerprint density at radius 2 is 1.24 bits per heavy atom. The molecule has 9 rings (SSSR count). The Labute approximate surface area is 238 Å². The number of furan rings is 2.